The monoisotopic (exact) mass is 478 g/mol. The van der Waals surface area contributed by atoms with E-state index in [1.807, 2.05) is 24.4 Å². The van der Waals surface area contributed by atoms with E-state index in [2.05, 4.69) is 88.3 Å². The van der Waals surface area contributed by atoms with Crippen LogP contribution in [-0.2, 0) is 15.9 Å². The zero-order valence-corrected chi connectivity index (χ0v) is 20.5. The summed E-state index contributed by atoms with van der Waals surface area (Å²) in [5.41, 5.74) is 6.69. The summed E-state index contributed by atoms with van der Waals surface area (Å²) >= 11 is 0. The second-order valence-electron chi connectivity index (χ2n) is 9.31. The highest BCUT2D eigenvalue weighted by molar-refractivity contribution is 5.77. The standard InChI is InChI=1S/C30H30N4O2/c1-32-16-18-33(19-17-32)27-21-31-34(29(27)24-10-6-3-7-11-24)26-14-12-25(13-15-26)30-28(35-22-36-30)20-23-8-4-2-5-9-23/h2-15,21H,16-20,22H2,1H3. The molecule has 182 valence electrons. The van der Waals surface area contributed by atoms with Gasteiger partial charge in [0, 0.05) is 43.7 Å². The molecule has 0 N–H and O–H groups in total. The van der Waals surface area contributed by atoms with Crippen LogP contribution < -0.4 is 4.90 Å². The molecule has 2 aliphatic rings. The van der Waals surface area contributed by atoms with Crippen LogP contribution in [0.25, 0.3) is 22.7 Å². The quantitative estimate of drug-likeness (QED) is 0.381. The van der Waals surface area contributed by atoms with Gasteiger partial charge in [-0.1, -0.05) is 60.7 Å². The van der Waals surface area contributed by atoms with Crippen LogP contribution >= 0.6 is 0 Å². The Bertz CT molecular complexity index is 1340. The fraction of sp³-hybridized carbons (Fsp3) is 0.233. The van der Waals surface area contributed by atoms with Crippen LogP contribution in [0.3, 0.4) is 0 Å². The van der Waals surface area contributed by atoms with Gasteiger partial charge in [0.15, 0.2) is 5.76 Å². The number of hydrogen-bond donors (Lipinski definition) is 0. The fourth-order valence-electron chi connectivity index (χ4n) is 4.90. The number of allylic oxidation sites excluding steroid dienone is 1. The number of anilines is 1. The zero-order chi connectivity index (χ0) is 24.3. The maximum Gasteiger partial charge on any atom is 0.230 e. The van der Waals surface area contributed by atoms with E-state index in [0.29, 0.717) is 6.42 Å². The number of aromatic nitrogens is 2. The van der Waals surface area contributed by atoms with Crippen molar-refractivity contribution in [1.82, 2.24) is 14.7 Å². The van der Waals surface area contributed by atoms with E-state index in [-0.39, 0.29) is 6.79 Å². The molecule has 6 rings (SSSR count). The van der Waals surface area contributed by atoms with Crippen LogP contribution in [0, 0.1) is 0 Å². The molecule has 4 aromatic rings. The Morgan fingerprint density at radius 1 is 0.750 bits per heavy atom. The fourth-order valence-corrected chi connectivity index (χ4v) is 4.90. The third kappa shape index (κ3) is 4.48. The first kappa shape index (κ1) is 22.4. The molecule has 1 saturated heterocycles. The Balaban J connectivity index is 1.33. The topological polar surface area (TPSA) is 42.8 Å². The summed E-state index contributed by atoms with van der Waals surface area (Å²) < 4.78 is 13.8. The lowest BCUT2D eigenvalue weighted by molar-refractivity contribution is 0.0857. The molecule has 0 atom stereocenters. The highest BCUT2D eigenvalue weighted by Crippen LogP contribution is 2.34. The summed E-state index contributed by atoms with van der Waals surface area (Å²) in [6, 6.07) is 29.3. The summed E-state index contributed by atoms with van der Waals surface area (Å²) in [6.07, 6.45) is 2.72. The largest absolute Gasteiger partial charge is 0.458 e. The van der Waals surface area contributed by atoms with Crippen LogP contribution in [0.2, 0.25) is 0 Å². The SMILES string of the molecule is CN1CCN(c2cnn(-c3ccc(C4=C(Cc5ccccc5)OCO4)cc3)c2-c2ccccc2)CC1. The van der Waals surface area contributed by atoms with Crippen molar-refractivity contribution in [2.24, 2.45) is 0 Å². The number of nitrogens with zero attached hydrogens (tertiary/aromatic N) is 4. The zero-order valence-electron chi connectivity index (χ0n) is 20.5. The van der Waals surface area contributed by atoms with Gasteiger partial charge in [0.25, 0.3) is 0 Å². The number of piperazine rings is 1. The van der Waals surface area contributed by atoms with Crippen LogP contribution in [0.5, 0.6) is 0 Å². The molecule has 0 radical (unpaired) electrons. The first-order valence-corrected chi connectivity index (χ1v) is 12.5. The highest BCUT2D eigenvalue weighted by Gasteiger charge is 2.23. The van der Waals surface area contributed by atoms with E-state index >= 15 is 0 Å². The Labute approximate surface area is 212 Å². The van der Waals surface area contributed by atoms with Gasteiger partial charge in [-0.25, -0.2) is 4.68 Å². The highest BCUT2D eigenvalue weighted by atomic mass is 16.7. The molecule has 0 spiro atoms. The molecule has 6 heteroatoms. The van der Waals surface area contributed by atoms with Crippen molar-refractivity contribution in [2.45, 2.75) is 6.42 Å². The van der Waals surface area contributed by atoms with Gasteiger partial charge < -0.3 is 19.3 Å². The Morgan fingerprint density at radius 3 is 2.17 bits per heavy atom. The van der Waals surface area contributed by atoms with Crippen molar-refractivity contribution in [3.63, 3.8) is 0 Å². The maximum absolute atomic E-state index is 5.88. The lowest BCUT2D eigenvalue weighted by Gasteiger charge is -2.34. The van der Waals surface area contributed by atoms with Gasteiger partial charge in [0.05, 0.1) is 23.3 Å². The van der Waals surface area contributed by atoms with Crippen molar-refractivity contribution in [3.05, 3.63) is 108 Å². The first-order chi connectivity index (χ1) is 17.8. The van der Waals surface area contributed by atoms with E-state index in [4.69, 9.17) is 14.6 Å². The molecule has 0 amide bonds. The Morgan fingerprint density at radius 2 is 1.44 bits per heavy atom. The second kappa shape index (κ2) is 9.91. The number of benzene rings is 3. The lowest BCUT2D eigenvalue weighted by Crippen LogP contribution is -2.44. The van der Waals surface area contributed by atoms with Gasteiger partial charge >= 0.3 is 0 Å². The van der Waals surface area contributed by atoms with Crippen LogP contribution in [0.15, 0.2) is 96.9 Å². The van der Waals surface area contributed by atoms with E-state index in [1.165, 1.54) is 11.3 Å². The molecule has 3 aromatic carbocycles. The van der Waals surface area contributed by atoms with Crippen molar-refractivity contribution in [1.29, 1.82) is 0 Å². The number of likely N-dealkylation sites (N-methyl/N-ethyl adjacent to an activating group) is 1. The minimum Gasteiger partial charge on any atom is -0.458 e. The van der Waals surface area contributed by atoms with Crippen LogP contribution in [0.1, 0.15) is 11.1 Å². The molecule has 36 heavy (non-hydrogen) atoms. The third-order valence-corrected chi connectivity index (χ3v) is 6.91. The Hall–Kier alpha value is -4.03. The van der Waals surface area contributed by atoms with Crippen LogP contribution in [0.4, 0.5) is 5.69 Å². The summed E-state index contributed by atoms with van der Waals surface area (Å²) in [4.78, 5) is 4.82. The smallest absolute Gasteiger partial charge is 0.230 e. The van der Waals surface area contributed by atoms with Gasteiger partial charge in [0.2, 0.25) is 6.79 Å². The van der Waals surface area contributed by atoms with E-state index < -0.39 is 0 Å². The van der Waals surface area contributed by atoms with Crippen molar-refractivity contribution >= 4 is 11.4 Å². The molecular formula is C30H30N4O2. The van der Waals surface area contributed by atoms with Crippen LogP contribution in [-0.4, -0.2) is 54.7 Å². The predicted molar refractivity (Wildman–Crippen MR) is 143 cm³/mol. The molecule has 0 bridgehead atoms. The average molecular weight is 479 g/mol. The molecular weight excluding hydrogens is 448 g/mol. The van der Waals surface area contributed by atoms with Gasteiger partial charge in [0.1, 0.15) is 5.76 Å². The molecule has 0 saturated carbocycles. The number of rotatable bonds is 6. The summed E-state index contributed by atoms with van der Waals surface area (Å²) in [7, 11) is 2.18. The number of ether oxygens (including phenoxy) is 2. The lowest BCUT2D eigenvalue weighted by atomic mass is 10.1. The number of hydrogen-bond acceptors (Lipinski definition) is 5. The van der Waals surface area contributed by atoms with E-state index in [0.717, 1.165) is 60.2 Å². The molecule has 2 aliphatic heterocycles. The third-order valence-electron chi connectivity index (χ3n) is 6.91. The molecule has 1 fully saturated rings. The van der Waals surface area contributed by atoms with E-state index in [1.54, 1.807) is 0 Å². The maximum atomic E-state index is 5.88. The summed E-state index contributed by atoms with van der Waals surface area (Å²) in [5, 5.41) is 4.85. The Kier molecular flexibility index (Phi) is 6.18. The summed E-state index contributed by atoms with van der Waals surface area (Å²) in [5.74, 6) is 1.68. The first-order valence-electron chi connectivity index (χ1n) is 12.5. The van der Waals surface area contributed by atoms with Crippen molar-refractivity contribution in [3.8, 4) is 16.9 Å². The predicted octanol–water partition coefficient (Wildman–Crippen LogP) is 5.21. The molecule has 6 nitrogen and oxygen atoms in total. The van der Waals surface area contributed by atoms with Gasteiger partial charge in [-0.05, 0) is 36.9 Å². The van der Waals surface area contributed by atoms with Gasteiger partial charge in [-0.15, -0.1) is 0 Å². The normalized spacial score (nSPS) is 16.2. The van der Waals surface area contributed by atoms with Crippen molar-refractivity contribution in [2.75, 3.05) is 44.9 Å². The molecule has 3 heterocycles. The van der Waals surface area contributed by atoms with Gasteiger partial charge in [-0.2, -0.15) is 5.10 Å². The molecule has 0 aliphatic carbocycles. The van der Waals surface area contributed by atoms with Crippen molar-refractivity contribution < 1.29 is 9.47 Å². The molecule has 0 unspecified atom stereocenters. The van der Waals surface area contributed by atoms with E-state index in [9.17, 15) is 0 Å². The average Bonchev–Trinajstić information content (AvgIpc) is 3.58. The minimum atomic E-state index is 0.255. The molecule has 1 aromatic heterocycles. The van der Waals surface area contributed by atoms with Gasteiger partial charge in [-0.3, -0.25) is 0 Å². The summed E-state index contributed by atoms with van der Waals surface area (Å²) in [6.45, 7) is 4.35. The second-order valence-corrected chi connectivity index (χ2v) is 9.31. The minimum absolute atomic E-state index is 0.255.